The molecule has 0 amide bonds. The van der Waals surface area contributed by atoms with Crippen LogP contribution >= 0.6 is 50.6 Å². The van der Waals surface area contributed by atoms with Crippen molar-refractivity contribution in [2.75, 3.05) is 6.54 Å². The lowest BCUT2D eigenvalue weighted by atomic mass is 10.3. The molecule has 0 aliphatic heterocycles. The topological polar surface area (TPSA) is 38.9 Å². The minimum absolute atomic E-state index is 0.209. The second-order valence-electron chi connectivity index (χ2n) is 3.30. The van der Waals surface area contributed by atoms with Crippen molar-refractivity contribution in [3.8, 4) is 0 Å². The van der Waals surface area contributed by atoms with Crippen molar-refractivity contribution >= 4 is 50.6 Å². The first-order valence-electron chi connectivity index (χ1n) is 4.92. The van der Waals surface area contributed by atoms with Gasteiger partial charge in [0, 0.05) is 22.1 Å². The number of thiophene rings is 1. The summed E-state index contributed by atoms with van der Waals surface area (Å²) in [4.78, 5) is 5.52. The molecule has 0 spiro atoms. The Hall–Kier alpha value is -0.0700. The minimum Gasteiger partial charge on any atom is -0.329 e. The molecule has 0 saturated heterocycles. The Kier molecular flexibility index (Phi) is 4.87. The van der Waals surface area contributed by atoms with E-state index < -0.39 is 0 Å². The highest BCUT2D eigenvalue weighted by molar-refractivity contribution is 9.10. The van der Waals surface area contributed by atoms with Gasteiger partial charge in [0.1, 0.15) is 0 Å². The second-order valence-corrected chi connectivity index (χ2v) is 7.18. The SMILES string of the molecule is NCC(Sc1ccc(Br)cn1)c1ccc(Cl)s1. The van der Waals surface area contributed by atoms with Gasteiger partial charge in [0.15, 0.2) is 0 Å². The van der Waals surface area contributed by atoms with Gasteiger partial charge < -0.3 is 5.73 Å². The van der Waals surface area contributed by atoms with Crippen molar-refractivity contribution in [3.63, 3.8) is 0 Å². The third-order valence-electron chi connectivity index (χ3n) is 2.09. The molecule has 0 fully saturated rings. The molecule has 1 unspecified atom stereocenters. The number of rotatable bonds is 4. The number of hydrogen-bond donors (Lipinski definition) is 1. The molecule has 2 nitrogen and oxygen atoms in total. The van der Waals surface area contributed by atoms with Crippen LogP contribution < -0.4 is 5.73 Å². The average molecular weight is 350 g/mol. The van der Waals surface area contributed by atoms with Crippen LogP contribution in [-0.4, -0.2) is 11.5 Å². The van der Waals surface area contributed by atoms with Crippen LogP contribution in [0.5, 0.6) is 0 Å². The first kappa shape index (κ1) is 13.4. The molecule has 2 heterocycles. The number of nitrogens with zero attached hydrogens (tertiary/aromatic N) is 1. The molecule has 1 atom stereocenters. The van der Waals surface area contributed by atoms with Gasteiger partial charge in [0.05, 0.1) is 14.6 Å². The summed E-state index contributed by atoms with van der Waals surface area (Å²) < 4.78 is 1.77. The normalized spacial score (nSPS) is 12.6. The lowest BCUT2D eigenvalue weighted by molar-refractivity contribution is 0.952. The lowest BCUT2D eigenvalue weighted by Crippen LogP contribution is -2.08. The first-order valence-corrected chi connectivity index (χ1v) is 7.79. The van der Waals surface area contributed by atoms with Crippen molar-refractivity contribution in [2.45, 2.75) is 10.3 Å². The van der Waals surface area contributed by atoms with Gasteiger partial charge in [-0.3, -0.25) is 0 Å². The van der Waals surface area contributed by atoms with E-state index in [0.717, 1.165) is 13.8 Å². The number of thioether (sulfide) groups is 1. The fourth-order valence-corrected chi connectivity index (χ4v) is 3.72. The molecule has 0 aliphatic carbocycles. The van der Waals surface area contributed by atoms with E-state index in [0.29, 0.717) is 6.54 Å². The van der Waals surface area contributed by atoms with Crippen molar-refractivity contribution in [1.29, 1.82) is 0 Å². The van der Waals surface area contributed by atoms with E-state index >= 15 is 0 Å². The van der Waals surface area contributed by atoms with Crippen LogP contribution in [0.1, 0.15) is 10.1 Å². The van der Waals surface area contributed by atoms with Gasteiger partial charge in [-0.05, 0) is 40.2 Å². The summed E-state index contributed by atoms with van der Waals surface area (Å²) in [6.45, 7) is 0.569. The first-order chi connectivity index (χ1) is 8.19. The lowest BCUT2D eigenvalue weighted by Gasteiger charge is -2.11. The molecule has 2 N–H and O–H groups in total. The molecule has 2 rings (SSSR count). The van der Waals surface area contributed by atoms with E-state index in [4.69, 9.17) is 17.3 Å². The third kappa shape index (κ3) is 3.69. The van der Waals surface area contributed by atoms with Crippen molar-refractivity contribution < 1.29 is 0 Å². The van der Waals surface area contributed by atoms with Crippen LogP contribution in [0.25, 0.3) is 0 Å². The second kappa shape index (κ2) is 6.20. The Morgan fingerprint density at radius 3 is 2.76 bits per heavy atom. The Morgan fingerprint density at radius 2 is 2.24 bits per heavy atom. The Labute approximate surface area is 122 Å². The maximum absolute atomic E-state index is 5.93. The highest BCUT2D eigenvalue weighted by Crippen LogP contribution is 2.38. The van der Waals surface area contributed by atoms with Crippen LogP contribution in [-0.2, 0) is 0 Å². The van der Waals surface area contributed by atoms with Crippen LogP contribution in [0.15, 0.2) is 40.0 Å². The quantitative estimate of drug-likeness (QED) is 0.834. The van der Waals surface area contributed by atoms with Crippen LogP contribution in [0.4, 0.5) is 0 Å². The van der Waals surface area contributed by atoms with E-state index in [1.165, 1.54) is 4.88 Å². The van der Waals surface area contributed by atoms with Gasteiger partial charge in [-0.1, -0.05) is 23.4 Å². The highest BCUT2D eigenvalue weighted by atomic mass is 79.9. The predicted octanol–water partition coefficient (Wildman–Crippen LogP) is 4.35. The predicted molar refractivity (Wildman–Crippen MR) is 78.9 cm³/mol. The van der Waals surface area contributed by atoms with Gasteiger partial charge in [0.2, 0.25) is 0 Å². The summed E-state index contributed by atoms with van der Waals surface area (Å²) >= 11 is 12.5. The van der Waals surface area contributed by atoms with Gasteiger partial charge in [-0.25, -0.2) is 4.98 Å². The molecule has 17 heavy (non-hydrogen) atoms. The number of hydrogen-bond acceptors (Lipinski definition) is 4. The van der Waals surface area contributed by atoms with Gasteiger partial charge in [-0.15, -0.1) is 11.3 Å². The summed E-state index contributed by atoms with van der Waals surface area (Å²) in [5.74, 6) is 0. The zero-order chi connectivity index (χ0) is 12.3. The van der Waals surface area contributed by atoms with Gasteiger partial charge in [-0.2, -0.15) is 0 Å². The molecule has 0 radical (unpaired) electrons. The fraction of sp³-hybridized carbons (Fsp3) is 0.182. The van der Waals surface area contributed by atoms with Crippen molar-refractivity contribution in [3.05, 3.63) is 44.1 Å². The van der Waals surface area contributed by atoms with E-state index in [2.05, 4.69) is 20.9 Å². The number of halogens is 2. The molecule has 0 aromatic carbocycles. The van der Waals surface area contributed by atoms with E-state index in [1.807, 2.05) is 24.3 Å². The fourth-order valence-electron chi connectivity index (χ4n) is 1.30. The molecule has 2 aromatic heterocycles. The van der Waals surface area contributed by atoms with Crippen LogP contribution in [0, 0.1) is 0 Å². The Morgan fingerprint density at radius 1 is 1.41 bits per heavy atom. The molecular weight excluding hydrogens is 340 g/mol. The summed E-state index contributed by atoms with van der Waals surface area (Å²) in [6.07, 6.45) is 1.79. The molecular formula is C11H10BrClN2S2. The van der Waals surface area contributed by atoms with Gasteiger partial charge in [0.25, 0.3) is 0 Å². The van der Waals surface area contributed by atoms with E-state index in [9.17, 15) is 0 Å². The largest absolute Gasteiger partial charge is 0.329 e. The average Bonchev–Trinajstić information content (AvgIpc) is 2.75. The number of aromatic nitrogens is 1. The Bertz CT molecular complexity index is 486. The summed E-state index contributed by atoms with van der Waals surface area (Å²) in [5.41, 5.74) is 5.80. The van der Waals surface area contributed by atoms with Gasteiger partial charge >= 0.3 is 0 Å². The summed E-state index contributed by atoms with van der Waals surface area (Å²) in [6, 6.07) is 7.88. The van der Waals surface area contributed by atoms with Crippen molar-refractivity contribution in [1.82, 2.24) is 4.98 Å². The summed E-state index contributed by atoms with van der Waals surface area (Å²) in [7, 11) is 0. The number of nitrogens with two attached hydrogens (primary N) is 1. The van der Waals surface area contributed by atoms with Crippen LogP contribution in [0.2, 0.25) is 4.34 Å². The molecule has 0 aliphatic rings. The maximum Gasteiger partial charge on any atom is 0.0967 e. The molecule has 6 heteroatoms. The van der Waals surface area contributed by atoms with E-state index in [1.54, 1.807) is 29.3 Å². The molecule has 2 aromatic rings. The van der Waals surface area contributed by atoms with E-state index in [-0.39, 0.29) is 5.25 Å². The molecule has 90 valence electrons. The summed E-state index contributed by atoms with van der Waals surface area (Å²) in [5, 5.41) is 1.18. The highest BCUT2D eigenvalue weighted by Gasteiger charge is 2.14. The molecule has 0 saturated carbocycles. The number of pyridine rings is 1. The monoisotopic (exact) mass is 348 g/mol. The molecule has 0 bridgehead atoms. The Balaban J connectivity index is 2.12. The minimum atomic E-state index is 0.209. The van der Waals surface area contributed by atoms with Crippen molar-refractivity contribution in [2.24, 2.45) is 5.73 Å². The smallest absolute Gasteiger partial charge is 0.0967 e. The maximum atomic E-state index is 5.93. The van der Waals surface area contributed by atoms with Crippen LogP contribution in [0.3, 0.4) is 0 Å². The zero-order valence-electron chi connectivity index (χ0n) is 8.77. The third-order valence-corrected chi connectivity index (χ3v) is 5.27. The zero-order valence-corrected chi connectivity index (χ0v) is 12.7. The standard InChI is InChI=1S/C11H10BrClN2S2/c12-7-1-4-11(15-6-7)17-9(5-14)8-2-3-10(13)16-8/h1-4,6,9H,5,14H2.